The summed E-state index contributed by atoms with van der Waals surface area (Å²) in [6.45, 7) is 3.50. The molecule has 3 aliphatic heterocycles. The maximum atomic E-state index is 14.2. The van der Waals surface area contributed by atoms with E-state index in [-0.39, 0.29) is 29.9 Å². The van der Waals surface area contributed by atoms with Gasteiger partial charge >= 0.3 is 0 Å². The van der Waals surface area contributed by atoms with Crippen LogP contribution in [-0.2, 0) is 17.9 Å². The van der Waals surface area contributed by atoms with Crippen LogP contribution in [0.15, 0.2) is 54.3 Å². The predicted molar refractivity (Wildman–Crippen MR) is 137 cm³/mol. The van der Waals surface area contributed by atoms with Crippen molar-refractivity contribution in [3.63, 3.8) is 0 Å². The van der Waals surface area contributed by atoms with Gasteiger partial charge in [0, 0.05) is 48.9 Å². The maximum Gasteiger partial charge on any atom is 0.231 e. The van der Waals surface area contributed by atoms with Crippen LogP contribution < -0.4 is 14.4 Å². The van der Waals surface area contributed by atoms with Crippen molar-refractivity contribution in [3.8, 4) is 17.2 Å². The molecule has 9 heteroatoms. The summed E-state index contributed by atoms with van der Waals surface area (Å²) < 4.78 is 31.2. The molecule has 37 heavy (non-hydrogen) atoms. The van der Waals surface area contributed by atoms with Crippen LogP contribution in [0.5, 0.6) is 17.2 Å². The fourth-order valence-electron chi connectivity index (χ4n) is 4.99. The Labute approximate surface area is 218 Å². The number of carbonyl (C=O) groups is 1. The average molecular weight is 523 g/mol. The average Bonchev–Trinajstić information content (AvgIpc) is 3.21. The molecular weight excluding hydrogens is 499 g/mol. The first-order valence-electron chi connectivity index (χ1n) is 12.0. The molecule has 0 amide bonds. The number of phenols is 1. The van der Waals surface area contributed by atoms with E-state index in [1.807, 2.05) is 11.0 Å². The van der Waals surface area contributed by atoms with Crippen molar-refractivity contribution >= 4 is 29.1 Å². The number of carbonyl (C=O) groups excluding carboxylic acids is 1. The van der Waals surface area contributed by atoms with Crippen molar-refractivity contribution in [2.75, 3.05) is 37.9 Å². The Morgan fingerprint density at radius 3 is 2.68 bits per heavy atom. The highest BCUT2D eigenvalue weighted by Gasteiger charge is 2.33. The van der Waals surface area contributed by atoms with E-state index in [1.165, 1.54) is 12.1 Å². The highest BCUT2D eigenvalue weighted by molar-refractivity contribution is 6.31. The summed E-state index contributed by atoms with van der Waals surface area (Å²) in [4.78, 5) is 17.4. The minimum Gasteiger partial charge on any atom is -0.507 e. The van der Waals surface area contributed by atoms with Crippen LogP contribution in [0.2, 0.25) is 5.02 Å². The van der Waals surface area contributed by atoms with Crippen LogP contribution in [0.4, 0.5) is 10.1 Å². The lowest BCUT2D eigenvalue weighted by Gasteiger charge is -2.36. The summed E-state index contributed by atoms with van der Waals surface area (Å²) in [5, 5.41) is 11.2. The van der Waals surface area contributed by atoms with Gasteiger partial charge in [-0.2, -0.15) is 0 Å². The number of allylic oxidation sites excluding steroid dienone is 1. The number of hydrogen-bond acceptors (Lipinski definition) is 7. The number of rotatable bonds is 4. The minimum atomic E-state index is -0.276. The molecule has 190 valence electrons. The first kappa shape index (κ1) is 23.8. The van der Waals surface area contributed by atoms with E-state index >= 15 is 0 Å². The number of fused-ring (bicyclic) bond motifs is 2. The van der Waals surface area contributed by atoms with Gasteiger partial charge in [0.15, 0.2) is 12.6 Å². The third-order valence-electron chi connectivity index (χ3n) is 6.85. The minimum absolute atomic E-state index is 0.0601. The van der Waals surface area contributed by atoms with Gasteiger partial charge in [-0.1, -0.05) is 23.7 Å². The summed E-state index contributed by atoms with van der Waals surface area (Å²) in [5.41, 5.74) is 2.95. The van der Waals surface area contributed by atoms with Gasteiger partial charge in [0.25, 0.3) is 0 Å². The van der Waals surface area contributed by atoms with Gasteiger partial charge in [-0.05, 0) is 42.5 Å². The summed E-state index contributed by atoms with van der Waals surface area (Å²) in [7, 11) is 0. The fourth-order valence-corrected chi connectivity index (χ4v) is 5.23. The molecule has 0 radical (unpaired) electrons. The molecule has 1 fully saturated rings. The number of anilines is 1. The summed E-state index contributed by atoms with van der Waals surface area (Å²) in [6, 6.07) is 13.3. The zero-order chi connectivity index (χ0) is 25.5. The van der Waals surface area contributed by atoms with E-state index in [9.17, 15) is 14.3 Å². The molecule has 6 rings (SSSR count). The van der Waals surface area contributed by atoms with Crippen molar-refractivity contribution in [1.29, 1.82) is 0 Å². The number of benzene rings is 3. The number of piperazine rings is 1. The number of hydrogen-bond donors (Lipinski definition) is 1. The lowest BCUT2D eigenvalue weighted by Crippen LogP contribution is -2.46. The smallest absolute Gasteiger partial charge is 0.231 e. The highest BCUT2D eigenvalue weighted by Crippen LogP contribution is 2.41. The van der Waals surface area contributed by atoms with Crippen molar-refractivity contribution in [2.24, 2.45) is 0 Å². The normalized spacial score (nSPS) is 18.4. The molecule has 3 heterocycles. The molecule has 3 aliphatic rings. The molecular formula is C28H24ClFN2O5. The van der Waals surface area contributed by atoms with Gasteiger partial charge in [-0.25, -0.2) is 4.39 Å². The number of ether oxygens (including phenoxy) is 3. The zero-order valence-corrected chi connectivity index (χ0v) is 20.6. The Bertz CT molecular complexity index is 1420. The van der Waals surface area contributed by atoms with Gasteiger partial charge in [-0.15, -0.1) is 0 Å². The van der Waals surface area contributed by atoms with E-state index in [4.69, 9.17) is 25.8 Å². The van der Waals surface area contributed by atoms with E-state index in [2.05, 4.69) is 4.90 Å². The summed E-state index contributed by atoms with van der Waals surface area (Å²) >= 11 is 6.28. The van der Waals surface area contributed by atoms with Gasteiger partial charge in [-0.3, -0.25) is 9.69 Å². The van der Waals surface area contributed by atoms with Crippen molar-refractivity contribution in [3.05, 3.63) is 87.4 Å². The standard InChI is InChI=1S/C28H24ClFN2O5/c29-19-11-17(27-18(12-19)15-35-16-36-27)13-25-26(34)20-5-6-24(33)21(28(20)37-25)14-31-7-9-32(10-8-31)23-4-2-1-3-22(23)30/h1-6,11-13,33H,7-10,14-16H2/b25-13-. The third-order valence-corrected chi connectivity index (χ3v) is 7.07. The molecule has 0 saturated carbocycles. The van der Waals surface area contributed by atoms with Crippen LogP contribution in [0.3, 0.4) is 0 Å². The van der Waals surface area contributed by atoms with E-state index in [0.29, 0.717) is 78.2 Å². The lowest BCUT2D eigenvalue weighted by atomic mass is 10.0. The second kappa shape index (κ2) is 9.70. The van der Waals surface area contributed by atoms with E-state index < -0.39 is 0 Å². The topological polar surface area (TPSA) is 71.5 Å². The molecule has 0 aromatic heterocycles. The Morgan fingerprint density at radius 1 is 1.05 bits per heavy atom. The van der Waals surface area contributed by atoms with Gasteiger partial charge in [0.1, 0.15) is 23.1 Å². The van der Waals surface area contributed by atoms with Crippen LogP contribution in [0.1, 0.15) is 27.0 Å². The monoisotopic (exact) mass is 522 g/mol. The fraction of sp³-hybridized carbons (Fsp3) is 0.250. The molecule has 1 N–H and O–H groups in total. The largest absolute Gasteiger partial charge is 0.507 e. The molecule has 1 saturated heterocycles. The van der Waals surface area contributed by atoms with Crippen LogP contribution >= 0.6 is 11.6 Å². The van der Waals surface area contributed by atoms with Crippen LogP contribution in [0.25, 0.3) is 6.08 Å². The van der Waals surface area contributed by atoms with Crippen molar-refractivity contribution < 1.29 is 28.5 Å². The van der Waals surface area contributed by atoms with Crippen molar-refractivity contribution in [1.82, 2.24) is 4.90 Å². The molecule has 0 unspecified atom stereocenters. The Morgan fingerprint density at radius 2 is 1.86 bits per heavy atom. The molecule has 0 atom stereocenters. The van der Waals surface area contributed by atoms with Gasteiger partial charge in [0.2, 0.25) is 5.78 Å². The van der Waals surface area contributed by atoms with E-state index in [1.54, 1.807) is 36.4 Å². The highest BCUT2D eigenvalue weighted by atomic mass is 35.5. The first-order valence-corrected chi connectivity index (χ1v) is 12.4. The van der Waals surface area contributed by atoms with Gasteiger partial charge < -0.3 is 24.2 Å². The Hall–Kier alpha value is -3.59. The number of Topliss-reactive ketones (excluding diaryl/α,β-unsaturated/α-hetero) is 1. The number of nitrogens with zero attached hydrogens (tertiary/aromatic N) is 2. The zero-order valence-electron chi connectivity index (χ0n) is 19.9. The molecule has 0 bridgehead atoms. The number of ketones is 1. The third kappa shape index (κ3) is 4.52. The van der Waals surface area contributed by atoms with Gasteiger partial charge in [0.05, 0.1) is 23.4 Å². The lowest BCUT2D eigenvalue weighted by molar-refractivity contribution is -0.0165. The quantitative estimate of drug-likeness (QED) is 0.484. The number of phenolic OH excluding ortho intramolecular Hbond substituents is 1. The molecule has 3 aromatic rings. The Balaban J connectivity index is 1.23. The van der Waals surface area contributed by atoms with Crippen LogP contribution in [0, 0.1) is 5.82 Å². The Kier molecular flexibility index (Phi) is 6.24. The van der Waals surface area contributed by atoms with E-state index in [0.717, 1.165) is 5.56 Å². The maximum absolute atomic E-state index is 14.2. The van der Waals surface area contributed by atoms with Crippen LogP contribution in [-0.4, -0.2) is 48.8 Å². The molecule has 7 nitrogen and oxygen atoms in total. The summed E-state index contributed by atoms with van der Waals surface area (Å²) in [6.07, 6.45) is 1.62. The number of para-hydroxylation sites is 1. The molecule has 3 aromatic carbocycles. The second-order valence-electron chi connectivity index (χ2n) is 9.19. The molecule has 0 spiro atoms. The SMILES string of the molecule is O=C1/C(=C/c2cc(Cl)cc3c2OCOC3)Oc2c1ccc(O)c2CN1CCN(c2ccccc2F)CC1. The van der Waals surface area contributed by atoms with Crippen molar-refractivity contribution in [2.45, 2.75) is 13.2 Å². The predicted octanol–water partition coefficient (Wildman–Crippen LogP) is 4.99. The first-order chi connectivity index (χ1) is 18.0. The number of halogens is 2. The molecule has 0 aliphatic carbocycles. The summed E-state index contributed by atoms with van der Waals surface area (Å²) in [5.74, 6) is 0.635. The number of aromatic hydroxyl groups is 1. The second-order valence-corrected chi connectivity index (χ2v) is 9.62.